The number of rotatable bonds is 64. The zero-order chi connectivity index (χ0) is 86.7. The molecule has 0 saturated carbocycles. The lowest BCUT2D eigenvalue weighted by Crippen LogP contribution is -2.61. The number of aromatic hydroxyl groups is 1. The van der Waals surface area contributed by atoms with Crippen LogP contribution in [0.5, 0.6) is 5.75 Å². The molecule has 0 aliphatic carbocycles. The van der Waals surface area contributed by atoms with Gasteiger partial charge in [-0.15, -0.1) is 0 Å². The van der Waals surface area contributed by atoms with Gasteiger partial charge in [-0.3, -0.25) is 77.3 Å². The summed E-state index contributed by atoms with van der Waals surface area (Å²) in [5.41, 5.74) is 28.5. The summed E-state index contributed by atoms with van der Waals surface area (Å²) in [6.07, 6.45) is 15.7. The Bertz CT molecular complexity index is 3290. The number of nitrogens with zero attached hydrogens (tertiary/aromatic N) is 1. The van der Waals surface area contributed by atoms with E-state index in [-0.39, 0.29) is 108 Å². The van der Waals surface area contributed by atoms with Crippen LogP contribution in [-0.2, 0) is 78.3 Å². The SMILES string of the molecule is CCCCCCCCCCCCCCCC(=O)N[C@@H](CCSC)C(=O)NCC(=O)N[C@@H](Cc1ccc(O)cc1)C(=O)N[C@@H](CCC(N)=O)C(=O)N[C@@H](CCCCN)C(=O)N[C@@H](CCCCN)C(=O)N[C@H]1CC(C)N([C@@H](CCCNC(=N)N)C(=O)N[C@@H](CO)C(=O)N[C@@H](CCSC)C(=O)N[C@H](C(=O)N[C@@H](CC(=O)O)C(N)=O)[C@@H](C)O)C1=O. The van der Waals surface area contributed by atoms with Crippen molar-refractivity contribution >= 4 is 118 Å². The molecule has 1 saturated heterocycles. The van der Waals surface area contributed by atoms with Gasteiger partial charge in [0.2, 0.25) is 82.7 Å². The maximum atomic E-state index is 14.7. The van der Waals surface area contributed by atoms with Crippen LogP contribution >= 0.6 is 23.5 Å². The molecule has 40 heteroatoms. The van der Waals surface area contributed by atoms with Gasteiger partial charge >= 0.3 is 5.97 Å². The molecule has 38 nitrogen and oxygen atoms in total. The molecule has 0 aromatic heterocycles. The lowest BCUT2D eigenvalue weighted by molar-refractivity contribution is -0.142. The van der Waals surface area contributed by atoms with E-state index in [9.17, 15) is 92.3 Å². The molecule has 1 aromatic rings. The Kier molecular flexibility index (Phi) is 52.1. The minimum absolute atomic E-state index is 0.00978. The number of primary amides is 2. The Morgan fingerprint density at radius 2 is 0.991 bits per heavy atom. The molecule has 1 heterocycles. The fourth-order valence-corrected chi connectivity index (χ4v) is 13.8. The van der Waals surface area contributed by atoms with Crippen molar-refractivity contribution in [3.63, 3.8) is 0 Å². The average Bonchev–Trinajstić information content (AvgIpc) is 1.65. The molecule has 27 N–H and O–H groups in total. The van der Waals surface area contributed by atoms with Crippen molar-refractivity contribution in [1.82, 2.24) is 68.7 Å². The molecule has 656 valence electrons. The topological polar surface area (TPSA) is 639 Å². The van der Waals surface area contributed by atoms with Gasteiger partial charge in [-0.2, -0.15) is 23.5 Å². The van der Waals surface area contributed by atoms with Gasteiger partial charge in [-0.1, -0.05) is 96.1 Å². The maximum Gasteiger partial charge on any atom is 0.305 e. The number of unbranched alkanes of at least 4 members (excludes halogenated alkanes) is 14. The van der Waals surface area contributed by atoms with E-state index in [0.717, 1.165) is 37.5 Å². The Labute approximate surface area is 688 Å². The molecular weight excluding hydrogens is 1550 g/mol. The van der Waals surface area contributed by atoms with Gasteiger partial charge in [0.25, 0.3) is 0 Å². The first kappa shape index (κ1) is 103. The van der Waals surface area contributed by atoms with E-state index < -0.39 is 200 Å². The third kappa shape index (κ3) is 41.6. The van der Waals surface area contributed by atoms with E-state index in [0.29, 0.717) is 30.6 Å². The molecule has 116 heavy (non-hydrogen) atoms. The Morgan fingerprint density at radius 1 is 0.526 bits per heavy atom. The summed E-state index contributed by atoms with van der Waals surface area (Å²) in [6.45, 7) is 3.51. The first-order valence-corrected chi connectivity index (χ1v) is 43.0. The number of likely N-dealkylation sites (tertiary alicyclic amines) is 1. The van der Waals surface area contributed by atoms with Crippen LogP contribution in [0.3, 0.4) is 0 Å². The van der Waals surface area contributed by atoms with Crippen molar-refractivity contribution in [2.24, 2.45) is 28.7 Å². The number of hydrogen-bond donors (Lipinski definition) is 22. The summed E-state index contributed by atoms with van der Waals surface area (Å²) >= 11 is 2.71. The minimum Gasteiger partial charge on any atom is -0.508 e. The molecule has 0 bridgehead atoms. The van der Waals surface area contributed by atoms with Crippen LogP contribution in [0.1, 0.15) is 206 Å². The van der Waals surface area contributed by atoms with Crippen LogP contribution in [0.15, 0.2) is 24.3 Å². The van der Waals surface area contributed by atoms with E-state index in [1.165, 1.54) is 99.2 Å². The number of aliphatic hydroxyl groups is 2. The van der Waals surface area contributed by atoms with Crippen LogP contribution in [0.25, 0.3) is 0 Å². The third-order valence-corrected chi connectivity index (χ3v) is 20.7. The first-order valence-electron chi connectivity index (χ1n) is 40.2. The van der Waals surface area contributed by atoms with E-state index >= 15 is 0 Å². The van der Waals surface area contributed by atoms with Crippen molar-refractivity contribution < 1.29 is 92.3 Å². The van der Waals surface area contributed by atoms with Gasteiger partial charge in [0.15, 0.2) is 5.96 Å². The van der Waals surface area contributed by atoms with Gasteiger partial charge in [0.1, 0.15) is 72.2 Å². The molecule has 0 radical (unpaired) electrons. The van der Waals surface area contributed by atoms with Crippen LogP contribution in [0.4, 0.5) is 0 Å². The number of nitrogens with one attached hydrogen (secondary N) is 13. The molecule has 1 aliphatic heterocycles. The number of aliphatic hydroxyl groups excluding tert-OH is 2. The summed E-state index contributed by atoms with van der Waals surface area (Å²) < 4.78 is 0. The molecule has 0 spiro atoms. The molecule has 13 atom stereocenters. The lowest BCUT2D eigenvalue weighted by Gasteiger charge is -2.32. The number of hydrogen-bond acceptors (Lipinski definition) is 23. The van der Waals surface area contributed by atoms with Crippen molar-refractivity contribution in [2.45, 2.75) is 286 Å². The van der Waals surface area contributed by atoms with Crippen LogP contribution in [-0.4, -0.2) is 255 Å². The second kappa shape index (κ2) is 58.7. The summed E-state index contributed by atoms with van der Waals surface area (Å²) in [5, 5.41) is 78.4. The summed E-state index contributed by atoms with van der Waals surface area (Å²) in [4.78, 5) is 206. The highest BCUT2D eigenvalue weighted by Gasteiger charge is 2.46. The number of carbonyl (C=O) groups excluding carboxylic acids is 14. The highest BCUT2D eigenvalue weighted by molar-refractivity contribution is 7.98. The van der Waals surface area contributed by atoms with Crippen LogP contribution in [0, 0.1) is 5.41 Å². The van der Waals surface area contributed by atoms with Crippen molar-refractivity contribution in [2.75, 3.05) is 56.8 Å². The van der Waals surface area contributed by atoms with E-state index in [1.807, 2.05) is 6.26 Å². The Hall–Kier alpha value is -9.12. The average molecular weight is 1680 g/mol. The zero-order valence-electron chi connectivity index (χ0n) is 67.8. The predicted molar refractivity (Wildman–Crippen MR) is 439 cm³/mol. The number of carboxylic acid groups (broad SMARTS) is 1. The van der Waals surface area contributed by atoms with E-state index in [2.05, 4.69) is 70.7 Å². The zero-order valence-corrected chi connectivity index (χ0v) is 69.5. The Morgan fingerprint density at radius 3 is 1.48 bits per heavy atom. The highest BCUT2D eigenvalue weighted by atomic mass is 32.2. The number of phenols is 1. The fraction of sp³-hybridized carbons (Fsp3) is 0.711. The van der Waals surface area contributed by atoms with E-state index in [4.69, 9.17) is 34.1 Å². The Balaban J connectivity index is 2.42. The van der Waals surface area contributed by atoms with Gasteiger partial charge in [-0.25, -0.2) is 0 Å². The molecule has 1 aromatic carbocycles. The number of benzene rings is 1. The predicted octanol–water partition coefficient (Wildman–Crippen LogP) is -2.00. The number of phenolic OH excluding ortho intramolecular Hbond substituents is 1. The number of carbonyl (C=O) groups is 15. The number of amides is 14. The standard InChI is InChI=1S/C76H131N19O19S2/c1-6-7-8-9-10-11-12-13-14-15-16-17-18-27-61(100)85-53(34-39-115-4)66(105)84-44-62(101)86-56(42-48-28-30-49(98)31-29-48)71(110)89-52(32-33-60(79)99)69(108)88-50(24-19-21-36-77)67(106)87-51(25-20-22-37-78)68(107)92-57-41-46(2)95(75(57)114)59(26-23-38-83-76(81)82)73(112)93-58(45-96)72(111)90-54(35-40-116-5)70(109)94-64(47(3)97)74(113)91-55(65(80)104)43-63(102)103/h28-31,46-47,50-59,64,96-98H,6-27,32-45,77-78H2,1-5H3,(H2,79,99)(H2,80,104)(H,84,105)(H,85,100)(H,86,101)(H,87,106)(H,88,108)(H,89,110)(H,90,111)(H,91,113)(H,92,107)(H,93,112)(H,94,109)(H,102,103)(H4,81,82,83)/t46?,47-,50+,51+,52+,53+,54+,55+,56+,57+,58+,59+,64+/m1/s1. The normalized spacial score (nSPS) is 16.0. The second-order valence-corrected chi connectivity index (χ2v) is 31.1. The lowest BCUT2D eigenvalue weighted by atomic mass is 10.0. The van der Waals surface area contributed by atoms with Crippen molar-refractivity contribution in [3.8, 4) is 5.75 Å². The number of guanidine groups is 1. The summed E-state index contributed by atoms with van der Waals surface area (Å²) in [5.74, 6) is -14.1. The number of nitrogens with two attached hydrogens (primary N) is 5. The minimum atomic E-state index is -1.82. The van der Waals surface area contributed by atoms with Gasteiger partial charge in [0.05, 0.1) is 25.7 Å². The second-order valence-electron chi connectivity index (χ2n) is 29.1. The molecule has 14 amide bonds. The highest BCUT2D eigenvalue weighted by Crippen LogP contribution is 2.26. The van der Waals surface area contributed by atoms with Crippen molar-refractivity contribution in [3.05, 3.63) is 29.8 Å². The fourth-order valence-electron chi connectivity index (χ4n) is 12.9. The monoisotopic (exact) mass is 1680 g/mol. The quantitative estimate of drug-likeness (QED) is 0.0190. The van der Waals surface area contributed by atoms with Gasteiger partial charge in [0, 0.05) is 31.8 Å². The van der Waals surface area contributed by atoms with Crippen molar-refractivity contribution in [1.29, 1.82) is 5.41 Å². The summed E-state index contributed by atoms with van der Waals surface area (Å²) in [6, 6.07) is -11.9. The van der Waals surface area contributed by atoms with E-state index in [1.54, 1.807) is 13.2 Å². The number of carboxylic acids is 1. The number of thioether (sulfide) groups is 2. The largest absolute Gasteiger partial charge is 0.508 e. The van der Waals surface area contributed by atoms with Gasteiger partial charge in [-0.05, 0) is 152 Å². The maximum absolute atomic E-state index is 14.7. The molecule has 1 aliphatic rings. The van der Waals surface area contributed by atoms with Gasteiger partial charge < -0.3 is 118 Å². The van der Waals surface area contributed by atoms with Crippen LogP contribution in [0.2, 0.25) is 0 Å². The molecule has 1 fully saturated rings. The smallest absolute Gasteiger partial charge is 0.305 e. The first-order chi connectivity index (χ1) is 55.2. The molecule has 1 unspecified atom stereocenters. The third-order valence-electron chi connectivity index (χ3n) is 19.4. The summed E-state index contributed by atoms with van der Waals surface area (Å²) in [7, 11) is 0. The van der Waals surface area contributed by atoms with Crippen LogP contribution < -0.4 is 92.5 Å². The number of aliphatic carboxylic acids is 1. The molecular formula is C76H131N19O19S2. The molecule has 2 rings (SSSR count).